The molecule has 2 amide bonds. The molecule has 4 atom stereocenters. The monoisotopic (exact) mass is 1080 g/mol. The van der Waals surface area contributed by atoms with E-state index in [2.05, 4.69) is 49.3 Å². The van der Waals surface area contributed by atoms with Crippen molar-refractivity contribution in [3.63, 3.8) is 0 Å². The number of carbonyl (C=O) groups is 2. The van der Waals surface area contributed by atoms with E-state index in [9.17, 15) is 4.79 Å². The zero-order valence-corrected chi connectivity index (χ0v) is 46.7. The Balaban J connectivity index is 1.29. The number of methoxy groups -OCH3 is 2. The van der Waals surface area contributed by atoms with Crippen LogP contribution in [0.2, 0.25) is 18.1 Å². The van der Waals surface area contributed by atoms with E-state index in [0.29, 0.717) is 54.2 Å². The first-order chi connectivity index (χ1) is 35.6. The summed E-state index contributed by atoms with van der Waals surface area (Å²) in [4.78, 5) is 38.4. The van der Waals surface area contributed by atoms with Crippen LogP contribution in [0.5, 0.6) is 17.4 Å². The minimum Gasteiger partial charge on any atom is -0.497 e. The Kier molecular flexibility index (Phi) is 15.6. The average Bonchev–Trinajstić information content (AvgIpc) is 3.93. The first-order valence-corrected chi connectivity index (χ1v) is 28.5. The zero-order chi connectivity index (χ0) is 55.4. The number of amides is 2. The average molecular weight is 1080 g/mol. The largest absolute Gasteiger partial charge is 0.497 e. The number of nitrogens with zero attached hydrogens (tertiary/aromatic N) is 6. The predicted molar refractivity (Wildman–Crippen MR) is 282 cm³/mol. The number of benzene rings is 3. The van der Waals surface area contributed by atoms with Gasteiger partial charge in [-0.25, -0.2) is 18.6 Å². The molecule has 1 N–H and O–H groups in total. The van der Waals surface area contributed by atoms with E-state index < -0.39 is 102 Å². The highest BCUT2D eigenvalue weighted by Gasteiger charge is 2.55. The van der Waals surface area contributed by atoms with Gasteiger partial charge in [0.25, 0.3) is 5.91 Å². The number of ether oxygens (including phenoxy) is 4. The van der Waals surface area contributed by atoms with Crippen LogP contribution >= 0.6 is 0 Å². The summed E-state index contributed by atoms with van der Waals surface area (Å²) in [5.41, 5.74) is -3.15. The lowest BCUT2D eigenvalue weighted by atomic mass is 9.94. The third-order valence-corrected chi connectivity index (χ3v) is 19.7. The Morgan fingerprint density at radius 2 is 1.53 bits per heavy atom. The molecule has 8 rings (SSSR count). The van der Waals surface area contributed by atoms with Crippen LogP contribution in [0.4, 0.5) is 38.1 Å². The maximum absolute atomic E-state index is 18.3. The molecule has 5 heterocycles. The fourth-order valence-corrected chi connectivity index (χ4v) is 11.4. The first-order valence-electron chi connectivity index (χ1n) is 25.6. The van der Waals surface area contributed by atoms with Gasteiger partial charge in [-0.1, -0.05) is 45.0 Å². The lowest BCUT2D eigenvalue weighted by Crippen LogP contribution is -2.65. The Morgan fingerprint density at radius 3 is 2.08 bits per heavy atom. The number of pyridine rings is 1. The minimum absolute atomic E-state index is 0.00621. The number of anilines is 2. The van der Waals surface area contributed by atoms with Crippen molar-refractivity contribution < 1.29 is 54.9 Å². The maximum atomic E-state index is 18.3. The van der Waals surface area contributed by atoms with Crippen LogP contribution in [0.15, 0.2) is 60.8 Å². The number of alkyl halides is 3. The summed E-state index contributed by atoms with van der Waals surface area (Å²) in [5.74, 6) is -2.46. The number of hydrogen-bond acceptors (Lipinski definition) is 11. The molecular formula is C56H70F5N7O7Si. The third-order valence-electron chi connectivity index (χ3n) is 15.2. The molecule has 3 aliphatic heterocycles. The highest BCUT2D eigenvalue weighted by molar-refractivity contribution is 6.74. The van der Waals surface area contributed by atoms with Crippen molar-refractivity contribution in [1.82, 2.24) is 24.6 Å². The van der Waals surface area contributed by atoms with Crippen molar-refractivity contribution in [3.05, 3.63) is 112 Å². The molecule has 410 valence electrons. The number of rotatable bonds is 15. The fraction of sp³-hybridized carbons (Fsp3) is 0.500. The highest BCUT2D eigenvalue weighted by Crippen LogP contribution is 2.48. The Morgan fingerprint density at radius 1 is 0.921 bits per heavy atom. The summed E-state index contributed by atoms with van der Waals surface area (Å²) in [5, 5.41) is 7.73. The predicted octanol–water partition coefficient (Wildman–Crippen LogP) is 11.9. The van der Waals surface area contributed by atoms with Crippen molar-refractivity contribution in [2.75, 3.05) is 37.6 Å². The van der Waals surface area contributed by atoms with E-state index >= 15 is 26.7 Å². The molecule has 2 saturated heterocycles. The summed E-state index contributed by atoms with van der Waals surface area (Å²) in [6.07, 6.45) is -3.37. The van der Waals surface area contributed by atoms with Crippen molar-refractivity contribution in [3.8, 4) is 28.6 Å². The Labute approximate surface area is 442 Å². The fourth-order valence-electron chi connectivity index (χ4n) is 10.4. The molecule has 0 spiro atoms. The van der Waals surface area contributed by atoms with Gasteiger partial charge >= 0.3 is 12.3 Å². The van der Waals surface area contributed by atoms with Crippen LogP contribution in [0.3, 0.4) is 0 Å². The number of fused-ring (bicyclic) bond motifs is 5. The second kappa shape index (κ2) is 21.2. The van der Waals surface area contributed by atoms with Gasteiger partial charge in [0.1, 0.15) is 40.3 Å². The molecule has 0 unspecified atom stereocenters. The molecule has 5 aromatic rings. The molecule has 3 aromatic carbocycles. The molecular weight excluding hydrogens is 1010 g/mol. The zero-order valence-electron chi connectivity index (χ0n) is 45.7. The van der Waals surface area contributed by atoms with Gasteiger partial charge in [-0.2, -0.15) is 18.3 Å². The Hall–Kier alpha value is -6.41. The molecule has 20 heteroatoms. The molecule has 3 aliphatic rings. The minimum atomic E-state index is -5.23. The second-order valence-corrected chi connectivity index (χ2v) is 27.4. The number of aryl methyl sites for hydroxylation is 1. The topological polar surface area (TPSA) is 133 Å². The summed E-state index contributed by atoms with van der Waals surface area (Å²) in [7, 11) is 2.62. The van der Waals surface area contributed by atoms with Gasteiger partial charge in [0.15, 0.2) is 14.1 Å². The van der Waals surface area contributed by atoms with Crippen molar-refractivity contribution >= 4 is 31.7 Å². The number of carbonyl (C=O) groups excluding carboxylic acids is 2. The molecule has 14 nitrogen and oxygen atoms in total. The highest BCUT2D eigenvalue weighted by atomic mass is 28.4. The number of piperazine rings is 1. The van der Waals surface area contributed by atoms with Crippen LogP contribution < -0.4 is 24.4 Å². The maximum Gasteiger partial charge on any atom is 0.417 e. The van der Waals surface area contributed by atoms with Crippen LogP contribution in [-0.2, 0) is 48.4 Å². The van der Waals surface area contributed by atoms with E-state index in [1.54, 1.807) is 103 Å². The van der Waals surface area contributed by atoms with Gasteiger partial charge < -0.3 is 38.5 Å². The molecule has 0 saturated carbocycles. The summed E-state index contributed by atoms with van der Waals surface area (Å²) >= 11 is 0. The van der Waals surface area contributed by atoms with Crippen molar-refractivity contribution in [1.29, 1.82) is 0 Å². The molecule has 2 fully saturated rings. The van der Waals surface area contributed by atoms with Gasteiger partial charge in [0.2, 0.25) is 5.88 Å². The second-order valence-electron chi connectivity index (χ2n) is 22.6. The lowest BCUT2D eigenvalue weighted by Gasteiger charge is -2.47. The van der Waals surface area contributed by atoms with Crippen LogP contribution in [0, 0.1) is 18.6 Å². The van der Waals surface area contributed by atoms with E-state index in [1.807, 2.05) is 6.20 Å². The molecule has 2 bridgehead atoms. The smallest absolute Gasteiger partial charge is 0.417 e. The van der Waals surface area contributed by atoms with Crippen molar-refractivity contribution in [2.24, 2.45) is 7.05 Å². The lowest BCUT2D eigenvalue weighted by molar-refractivity contribution is -0.137. The standard InChI is InChI=1S/C56H70F5N7O7Si/c1-32-45(56(59,60)61)40(26-43(46(32)57)66(28-34-14-19-38(71-10)20-15-34)29-35-16-21-39(72-11)22-17-35)48-47(58)49(62-27-41-36(30-65(9)64-41)24-25-73-76(12,13)55(6,7)8)44-51(63-48)74-33(2)50-42-23-18-37(31-67(50)52(44)69)68(42)53(70)75-54(3,4)5/h14-17,19-22,26,30,33,37,42,50H,18,23-25,27-29,31H2,1-13H3,(H,62,63)/t33-,37+,42-,50+/m0/s1. The van der Waals surface area contributed by atoms with Gasteiger partial charge in [0, 0.05) is 45.0 Å². The van der Waals surface area contributed by atoms with Gasteiger partial charge in [0.05, 0.1) is 61.5 Å². The summed E-state index contributed by atoms with van der Waals surface area (Å²) in [6, 6.07) is 13.1. The van der Waals surface area contributed by atoms with Gasteiger partial charge in [-0.05, 0) is 125 Å². The molecule has 2 aromatic heterocycles. The van der Waals surface area contributed by atoms with Crippen LogP contribution in [0.25, 0.3) is 11.3 Å². The molecule has 76 heavy (non-hydrogen) atoms. The number of halogens is 5. The van der Waals surface area contributed by atoms with E-state index in [1.165, 1.54) is 14.2 Å². The van der Waals surface area contributed by atoms with E-state index in [-0.39, 0.29) is 42.5 Å². The quantitative estimate of drug-likeness (QED) is 0.0793. The number of nitrogens with one attached hydrogen (secondary N) is 1. The number of hydrogen-bond donors (Lipinski definition) is 1. The van der Waals surface area contributed by atoms with Crippen LogP contribution in [0.1, 0.15) is 105 Å². The molecule has 0 radical (unpaired) electrons. The first kappa shape index (κ1) is 55.8. The van der Waals surface area contributed by atoms with Crippen LogP contribution in [-0.4, -0.2) is 102 Å². The Bertz CT molecular complexity index is 2910. The van der Waals surface area contributed by atoms with Gasteiger partial charge in [-0.15, -0.1) is 0 Å². The normalized spacial score (nSPS) is 18.7. The third kappa shape index (κ3) is 11.3. The van der Waals surface area contributed by atoms with Gasteiger partial charge in [-0.3, -0.25) is 14.4 Å². The summed E-state index contributed by atoms with van der Waals surface area (Å²) in [6.45, 7) is 19.0. The van der Waals surface area contributed by atoms with E-state index in [4.69, 9.17) is 23.4 Å². The van der Waals surface area contributed by atoms with E-state index in [0.717, 1.165) is 18.6 Å². The summed E-state index contributed by atoms with van der Waals surface area (Å²) < 4.78 is 114. The SMILES string of the molecule is COc1ccc(CN(Cc2ccc(OC)cc2)c2cc(-c3nc4c(c(NCc5nn(C)cc5CCO[Si](C)(C)C(C)(C)C)c3F)C(=O)N3C[C@H]5CC[C@@H]([C@H]3[C@H](C)O4)N5C(=O)OC(C)(C)C)c(C(F)(F)F)c(C)c2F)cc1. The number of aromatic nitrogens is 3. The van der Waals surface area contributed by atoms with Crippen molar-refractivity contribution in [2.45, 2.75) is 148 Å². The molecule has 0 aliphatic carbocycles.